The van der Waals surface area contributed by atoms with Crippen LogP contribution in [0.25, 0.3) is 5.78 Å². The van der Waals surface area contributed by atoms with Gasteiger partial charge in [-0.05, 0) is 37.1 Å². The molecule has 0 bridgehead atoms. The van der Waals surface area contributed by atoms with Crippen molar-refractivity contribution < 1.29 is 14.3 Å². The monoisotopic (exact) mass is 325 g/mol. The summed E-state index contributed by atoms with van der Waals surface area (Å²) in [7, 11) is 0. The molecule has 0 aliphatic carbocycles. The van der Waals surface area contributed by atoms with Gasteiger partial charge in [0, 0.05) is 18.4 Å². The van der Waals surface area contributed by atoms with Crippen LogP contribution in [0.3, 0.4) is 0 Å². The minimum absolute atomic E-state index is 0.113. The van der Waals surface area contributed by atoms with Gasteiger partial charge in [-0.1, -0.05) is 6.07 Å². The molecule has 1 aliphatic rings. The molecule has 0 fully saturated rings. The Morgan fingerprint density at radius 3 is 3.04 bits per heavy atom. The molecule has 1 amide bonds. The zero-order valence-electron chi connectivity index (χ0n) is 13.0. The summed E-state index contributed by atoms with van der Waals surface area (Å²) < 4.78 is 12.2. The largest absolute Gasteiger partial charge is 0.454 e. The molecule has 0 saturated carbocycles. The van der Waals surface area contributed by atoms with E-state index in [-0.39, 0.29) is 18.5 Å². The van der Waals surface area contributed by atoms with Crippen molar-refractivity contribution in [2.45, 2.75) is 13.3 Å². The summed E-state index contributed by atoms with van der Waals surface area (Å²) in [5.74, 6) is 1.70. The van der Waals surface area contributed by atoms with Crippen molar-refractivity contribution in [2.75, 3.05) is 13.3 Å². The van der Waals surface area contributed by atoms with Gasteiger partial charge in [-0.15, -0.1) is 5.10 Å². The molecule has 8 nitrogen and oxygen atoms in total. The summed E-state index contributed by atoms with van der Waals surface area (Å²) in [6.07, 6.45) is 2.31. The fourth-order valence-corrected chi connectivity index (χ4v) is 2.50. The fourth-order valence-electron chi connectivity index (χ4n) is 2.50. The lowest BCUT2D eigenvalue weighted by atomic mass is 10.1. The average Bonchev–Trinajstić information content (AvgIpc) is 3.21. The minimum Gasteiger partial charge on any atom is -0.454 e. The van der Waals surface area contributed by atoms with E-state index in [0.717, 1.165) is 22.8 Å². The normalized spacial score (nSPS) is 12.5. The molecule has 3 aromatic rings. The maximum Gasteiger partial charge on any atom is 0.291 e. The predicted octanol–water partition coefficient (Wildman–Crippen LogP) is 1.13. The molecule has 3 heterocycles. The van der Waals surface area contributed by atoms with Gasteiger partial charge in [0.2, 0.25) is 12.6 Å². The SMILES string of the molecule is Cc1ccnc2nc(C(=O)NCCc3ccc4c(c3)OCO4)nn12. The maximum atomic E-state index is 12.2. The summed E-state index contributed by atoms with van der Waals surface area (Å²) >= 11 is 0. The zero-order chi connectivity index (χ0) is 16.5. The van der Waals surface area contributed by atoms with Gasteiger partial charge >= 0.3 is 0 Å². The molecule has 2 aromatic heterocycles. The second-order valence-electron chi connectivity index (χ2n) is 5.43. The summed E-state index contributed by atoms with van der Waals surface area (Å²) in [5, 5.41) is 7.00. The number of benzene rings is 1. The first-order valence-electron chi connectivity index (χ1n) is 7.56. The molecule has 24 heavy (non-hydrogen) atoms. The number of amides is 1. The number of hydrogen-bond donors (Lipinski definition) is 1. The molecule has 122 valence electrons. The van der Waals surface area contributed by atoms with Crippen LogP contribution in [0.1, 0.15) is 21.9 Å². The average molecular weight is 325 g/mol. The van der Waals surface area contributed by atoms with E-state index >= 15 is 0 Å². The molecule has 4 rings (SSSR count). The molecule has 0 unspecified atom stereocenters. The smallest absolute Gasteiger partial charge is 0.291 e. The van der Waals surface area contributed by atoms with Crippen LogP contribution in [-0.4, -0.2) is 38.8 Å². The lowest BCUT2D eigenvalue weighted by molar-refractivity contribution is 0.0944. The molecule has 0 radical (unpaired) electrons. The Hall–Kier alpha value is -3.16. The van der Waals surface area contributed by atoms with E-state index in [0.29, 0.717) is 18.7 Å². The van der Waals surface area contributed by atoms with Gasteiger partial charge in [-0.25, -0.2) is 9.50 Å². The highest BCUT2D eigenvalue weighted by atomic mass is 16.7. The first-order chi connectivity index (χ1) is 11.7. The van der Waals surface area contributed by atoms with E-state index in [1.807, 2.05) is 31.2 Å². The molecule has 1 aromatic carbocycles. The van der Waals surface area contributed by atoms with Crippen LogP contribution in [0, 0.1) is 6.92 Å². The molecule has 0 spiro atoms. The Morgan fingerprint density at radius 2 is 2.17 bits per heavy atom. The first-order valence-corrected chi connectivity index (χ1v) is 7.56. The van der Waals surface area contributed by atoms with Crippen LogP contribution in [0.2, 0.25) is 0 Å². The summed E-state index contributed by atoms with van der Waals surface area (Å²) in [6, 6.07) is 7.56. The number of rotatable bonds is 4. The Bertz CT molecular complexity index is 921. The molecule has 8 heteroatoms. The first kappa shape index (κ1) is 14.4. The Kier molecular flexibility index (Phi) is 3.49. The van der Waals surface area contributed by atoms with Crippen LogP contribution in [0.15, 0.2) is 30.5 Å². The lowest BCUT2D eigenvalue weighted by Crippen LogP contribution is -2.26. The van der Waals surface area contributed by atoms with Crippen LogP contribution < -0.4 is 14.8 Å². The van der Waals surface area contributed by atoms with Crippen molar-refractivity contribution in [1.82, 2.24) is 24.9 Å². The fraction of sp³-hybridized carbons (Fsp3) is 0.250. The highest BCUT2D eigenvalue weighted by molar-refractivity contribution is 5.90. The quantitative estimate of drug-likeness (QED) is 0.773. The number of nitrogens with one attached hydrogen (secondary N) is 1. The summed E-state index contributed by atoms with van der Waals surface area (Å²) in [4.78, 5) is 20.4. The van der Waals surface area contributed by atoms with Crippen molar-refractivity contribution >= 4 is 11.7 Å². The zero-order valence-corrected chi connectivity index (χ0v) is 13.0. The van der Waals surface area contributed by atoms with E-state index in [1.54, 1.807) is 10.7 Å². The van der Waals surface area contributed by atoms with Gasteiger partial charge in [0.15, 0.2) is 11.5 Å². The topological polar surface area (TPSA) is 90.6 Å². The van der Waals surface area contributed by atoms with Gasteiger partial charge in [0.05, 0.1) is 0 Å². The third-order valence-corrected chi connectivity index (χ3v) is 3.77. The van der Waals surface area contributed by atoms with E-state index in [4.69, 9.17) is 9.47 Å². The van der Waals surface area contributed by atoms with Crippen molar-refractivity contribution in [1.29, 1.82) is 0 Å². The second-order valence-corrected chi connectivity index (χ2v) is 5.43. The number of carbonyl (C=O) groups is 1. The van der Waals surface area contributed by atoms with Crippen LogP contribution in [0.5, 0.6) is 11.5 Å². The minimum atomic E-state index is -0.319. The van der Waals surface area contributed by atoms with Gasteiger partial charge < -0.3 is 14.8 Å². The number of ether oxygens (including phenoxy) is 2. The van der Waals surface area contributed by atoms with Crippen molar-refractivity contribution in [3.05, 3.63) is 47.5 Å². The van der Waals surface area contributed by atoms with E-state index < -0.39 is 0 Å². The van der Waals surface area contributed by atoms with E-state index in [9.17, 15) is 4.79 Å². The van der Waals surface area contributed by atoms with Crippen molar-refractivity contribution in [3.8, 4) is 11.5 Å². The number of aryl methyl sites for hydroxylation is 1. The summed E-state index contributed by atoms with van der Waals surface area (Å²) in [6.45, 7) is 2.60. The van der Waals surface area contributed by atoms with Crippen molar-refractivity contribution in [3.63, 3.8) is 0 Å². The molecule has 1 aliphatic heterocycles. The number of nitrogens with zero attached hydrogens (tertiary/aromatic N) is 4. The van der Waals surface area contributed by atoms with Crippen LogP contribution >= 0.6 is 0 Å². The van der Waals surface area contributed by atoms with Crippen LogP contribution in [0.4, 0.5) is 0 Å². The third kappa shape index (κ3) is 2.62. The summed E-state index contributed by atoms with van der Waals surface area (Å²) in [5.41, 5.74) is 1.92. The molecule has 1 N–H and O–H groups in total. The number of hydrogen-bond acceptors (Lipinski definition) is 6. The highest BCUT2D eigenvalue weighted by Crippen LogP contribution is 2.32. The number of aromatic nitrogens is 4. The predicted molar refractivity (Wildman–Crippen MR) is 84.1 cm³/mol. The van der Waals surface area contributed by atoms with Gasteiger partial charge in [-0.3, -0.25) is 4.79 Å². The van der Waals surface area contributed by atoms with E-state index in [2.05, 4.69) is 20.4 Å². The Balaban J connectivity index is 1.40. The van der Waals surface area contributed by atoms with Crippen molar-refractivity contribution in [2.24, 2.45) is 0 Å². The molecular weight excluding hydrogens is 310 g/mol. The van der Waals surface area contributed by atoms with E-state index in [1.165, 1.54) is 0 Å². The van der Waals surface area contributed by atoms with Gasteiger partial charge in [0.25, 0.3) is 11.7 Å². The van der Waals surface area contributed by atoms with Crippen LogP contribution in [-0.2, 0) is 6.42 Å². The molecule has 0 atom stereocenters. The Labute approximate surface area is 137 Å². The number of fused-ring (bicyclic) bond motifs is 2. The van der Waals surface area contributed by atoms with Gasteiger partial charge in [0.1, 0.15) is 0 Å². The number of carbonyl (C=O) groups excluding carboxylic acids is 1. The Morgan fingerprint density at radius 1 is 1.29 bits per heavy atom. The van der Waals surface area contributed by atoms with Gasteiger partial charge in [-0.2, -0.15) is 4.98 Å². The highest BCUT2D eigenvalue weighted by Gasteiger charge is 2.15. The molecular formula is C16H15N5O3. The lowest BCUT2D eigenvalue weighted by Gasteiger charge is -2.04. The maximum absolute atomic E-state index is 12.2. The third-order valence-electron chi connectivity index (χ3n) is 3.77. The standard InChI is InChI=1S/C16H15N5O3/c1-10-4-6-18-16-19-14(20-21(10)16)15(22)17-7-5-11-2-3-12-13(8-11)24-9-23-12/h2-4,6,8H,5,7,9H2,1H3,(H,17,22). The second kappa shape index (κ2) is 5.80. The molecule has 0 saturated heterocycles.